The first-order valence-electron chi connectivity index (χ1n) is 10.3. The number of nitrogens with zero attached hydrogens (tertiary/aromatic N) is 1. The van der Waals surface area contributed by atoms with Gasteiger partial charge in [0.15, 0.2) is 0 Å². The van der Waals surface area contributed by atoms with E-state index in [9.17, 15) is 17.6 Å². The summed E-state index contributed by atoms with van der Waals surface area (Å²) in [7, 11) is -3.48. The quantitative estimate of drug-likeness (QED) is 0.558. The van der Waals surface area contributed by atoms with E-state index in [1.54, 1.807) is 23.1 Å². The normalized spacial score (nSPS) is 14.1. The molecule has 0 radical (unpaired) electrons. The molecule has 0 aliphatic heterocycles. The molecule has 3 aromatic rings. The summed E-state index contributed by atoms with van der Waals surface area (Å²) >= 11 is 0. The van der Waals surface area contributed by atoms with Crippen molar-refractivity contribution in [2.24, 2.45) is 0 Å². The van der Waals surface area contributed by atoms with Gasteiger partial charge in [-0.2, -0.15) is 0 Å². The van der Waals surface area contributed by atoms with Crippen molar-refractivity contribution in [2.75, 3.05) is 24.1 Å². The van der Waals surface area contributed by atoms with E-state index in [1.807, 2.05) is 19.9 Å². The molecule has 31 heavy (non-hydrogen) atoms. The molecule has 164 valence electrons. The second-order valence-electron chi connectivity index (χ2n) is 7.87. The van der Waals surface area contributed by atoms with E-state index in [2.05, 4.69) is 4.72 Å². The molecule has 6 nitrogen and oxygen atoms in total. The summed E-state index contributed by atoms with van der Waals surface area (Å²) in [5, 5.41) is 0.636. The number of hydrogen-bond acceptors (Lipinski definition) is 4. The molecule has 1 aromatic heterocycles. The van der Waals surface area contributed by atoms with Crippen LogP contribution in [0, 0.1) is 5.82 Å². The highest BCUT2D eigenvalue weighted by atomic mass is 32.2. The predicted octanol–water partition coefficient (Wildman–Crippen LogP) is 4.97. The molecule has 1 heterocycles. The van der Waals surface area contributed by atoms with Crippen molar-refractivity contribution in [2.45, 2.75) is 32.6 Å². The zero-order chi connectivity index (χ0) is 22.3. The molecular weight excluding hydrogens is 419 g/mol. The molecule has 1 aliphatic carbocycles. The lowest BCUT2D eigenvalue weighted by Crippen LogP contribution is -2.30. The largest absolute Gasteiger partial charge is 0.455 e. The molecule has 0 spiro atoms. The molecule has 8 heteroatoms. The van der Waals surface area contributed by atoms with Crippen LogP contribution < -0.4 is 4.72 Å². The van der Waals surface area contributed by atoms with Crippen LogP contribution in [0.5, 0.6) is 0 Å². The third-order valence-electron chi connectivity index (χ3n) is 5.54. The Hall–Kier alpha value is -2.87. The number of halogens is 1. The lowest BCUT2D eigenvalue weighted by Gasteiger charge is -2.19. The second kappa shape index (κ2) is 8.00. The molecule has 4 rings (SSSR count). The molecule has 1 fully saturated rings. The van der Waals surface area contributed by atoms with Crippen molar-refractivity contribution in [3.05, 3.63) is 53.3 Å². The minimum absolute atomic E-state index is 0.173. The Morgan fingerprint density at radius 3 is 2.35 bits per heavy atom. The average molecular weight is 445 g/mol. The van der Waals surface area contributed by atoms with E-state index >= 15 is 0 Å². The van der Waals surface area contributed by atoms with Crippen LogP contribution in [0.2, 0.25) is 0 Å². The summed E-state index contributed by atoms with van der Waals surface area (Å²) < 4.78 is 46.0. The maximum atomic E-state index is 13.5. The minimum atomic E-state index is -3.48. The number of sulfonamides is 1. The summed E-state index contributed by atoms with van der Waals surface area (Å²) in [6.45, 7) is 4.89. The van der Waals surface area contributed by atoms with E-state index in [0.717, 1.165) is 24.7 Å². The third kappa shape index (κ3) is 4.30. The predicted molar refractivity (Wildman–Crippen MR) is 119 cm³/mol. The first-order valence-corrected chi connectivity index (χ1v) is 12.2. The highest BCUT2D eigenvalue weighted by molar-refractivity contribution is 7.92. The summed E-state index contributed by atoms with van der Waals surface area (Å²) in [6, 6.07) is 9.30. The van der Waals surface area contributed by atoms with Gasteiger partial charge < -0.3 is 9.32 Å². The molecular formula is C23H25FN2O4S. The van der Waals surface area contributed by atoms with Gasteiger partial charge in [-0.1, -0.05) is 0 Å². The number of carbonyl (C=O) groups excluding carboxylic acids is 1. The third-order valence-corrected chi connectivity index (χ3v) is 6.13. The number of furan rings is 1. The van der Waals surface area contributed by atoms with Crippen LogP contribution in [-0.2, 0) is 10.0 Å². The fourth-order valence-electron chi connectivity index (χ4n) is 3.87. The van der Waals surface area contributed by atoms with E-state index in [4.69, 9.17) is 4.42 Å². The maximum absolute atomic E-state index is 13.5. The molecule has 0 atom stereocenters. The van der Waals surface area contributed by atoms with Gasteiger partial charge in [0.05, 0.1) is 17.5 Å². The van der Waals surface area contributed by atoms with Gasteiger partial charge in [0.2, 0.25) is 10.0 Å². The fourth-order valence-corrected chi connectivity index (χ4v) is 4.44. The lowest BCUT2D eigenvalue weighted by molar-refractivity contribution is 0.0775. The standard InChI is InChI=1S/C23H25FN2O4S/c1-4-26(5-2)23(27)21-18-12-17(14-6-7-14)19(25-31(3,28)29)13-20(18)30-22(21)15-8-10-16(24)11-9-15/h8-14,25H,4-7H2,1-3H3. The number of amides is 1. The molecule has 2 aromatic carbocycles. The molecule has 1 amide bonds. The Balaban J connectivity index is 1.98. The second-order valence-corrected chi connectivity index (χ2v) is 9.62. The average Bonchev–Trinajstić information content (AvgIpc) is 3.48. The van der Waals surface area contributed by atoms with Crippen LogP contribution in [0.25, 0.3) is 22.3 Å². The van der Waals surface area contributed by atoms with Crippen molar-refractivity contribution >= 4 is 32.6 Å². The van der Waals surface area contributed by atoms with Crippen LogP contribution in [0.4, 0.5) is 10.1 Å². The highest BCUT2D eigenvalue weighted by Crippen LogP contribution is 2.47. The zero-order valence-electron chi connectivity index (χ0n) is 17.7. The minimum Gasteiger partial charge on any atom is -0.455 e. The van der Waals surface area contributed by atoms with Gasteiger partial charge in [-0.05, 0) is 68.5 Å². The highest BCUT2D eigenvalue weighted by Gasteiger charge is 2.31. The number of fused-ring (bicyclic) bond motifs is 1. The smallest absolute Gasteiger partial charge is 0.258 e. The van der Waals surface area contributed by atoms with Gasteiger partial charge in [0, 0.05) is 30.1 Å². The number of benzene rings is 2. The summed E-state index contributed by atoms with van der Waals surface area (Å²) in [5.41, 5.74) is 2.74. The Morgan fingerprint density at radius 2 is 1.81 bits per heavy atom. The summed E-state index contributed by atoms with van der Waals surface area (Å²) in [6.07, 6.45) is 3.03. The number of carbonyl (C=O) groups is 1. The van der Waals surface area contributed by atoms with E-state index in [0.29, 0.717) is 46.6 Å². The maximum Gasteiger partial charge on any atom is 0.258 e. The lowest BCUT2D eigenvalue weighted by atomic mass is 10.00. The topological polar surface area (TPSA) is 79.6 Å². The molecule has 0 saturated heterocycles. The summed E-state index contributed by atoms with van der Waals surface area (Å²) in [5.74, 6) is 0.0418. The monoisotopic (exact) mass is 444 g/mol. The van der Waals surface area contributed by atoms with Gasteiger partial charge in [-0.25, -0.2) is 12.8 Å². The van der Waals surface area contributed by atoms with Crippen molar-refractivity contribution in [1.82, 2.24) is 4.90 Å². The van der Waals surface area contributed by atoms with Gasteiger partial charge in [0.25, 0.3) is 5.91 Å². The van der Waals surface area contributed by atoms with Crippen molar-refractivity contribution in [1.29, 1.82) is 0 Å². The Labute approximate surface area is 181 Å². The van der Waals surface area contributed by atoms with Crippen LogP contribution in [-0.4, -0.2) is 38.6 Å². The van der Waals surface area contributed by atoms with Gasteiger partial charge in [-0.3, -0.25) is 9.52 Å². The SMILES string of the molecule is CCN(CC)C(=O)c1c(-c2ccc(F)cc2)oc2cc(NS(C)(=O)=O)c(C3CC3)cc12. The van der Waals surface area contributed by atoms with Crippen LogP contribution >= 0.6 is 0 Å². The van der Waals surface area contributed by atoms with Gasteiger partial charge in [-0.15, -0.1) is 0 Å². The molecule has 1 saturated carbocycles. The number of hydrogen-bond donors (Lipinski definition) is 1. The van der Waals surface area contributed by atoms with E-state index < -0.39 is 10.0 Å². The van der Waals surface area contributed by atoms with Gasteiger partial charge in [0.1, 0.15) is 17.2 Å². The van der Waals surface area contributed by atoms with E-state index in [-0.39, 0.29) is 17.6 Å². The fraction of sp³-hybridized carbons (Fsp3) is 0.348. The van der Waals surface area contributed by atoms with Crippen LogP contribution in [0.3, 0.4) is 0 Å². The zero-order valence-corrected chi connectivity index (χ0v) is 18.6. The number of anilines is 1. The Morgan fingerprint density at radius 1 is 1.16 bits per heavy atom. The molecule has 1 aliphatic rings. The number of rotatable bonds is 7. The van der Waals surface area contributed by atoms with Gasteiger partial charge >= 0.3 is 0 Å². The molecule has 1 N–H and O–H groups in total. The summed E-state index contributed by atoms with van der Waals surface area (Å²) in [4.78, 5) is 15.1. The van der Waals surface area contributed by atoms with E-state index in [1.165, 1.54) is 12.1 Å². The van der Waals surface area contributed by atoms with Crippen LogP contribution in [0.1, 0.15) is 48.5 Å². The first-order chi connectivity index (χ1) is 14.7. The molecule has 0 unspecified atom stereocenters. The molecule has 0 bridgehead atoms. The first kappa shape index (κ1) is 21.4. The Kier molecular flexibility index (Phi) is 5.51. The van der Waals surface area contributed by atoms with Crippen molar-refractivity contribution < 1.29 is 22.0 Å². The van der Waals surface area contributed by atoms with Crippen LogP contribution in [0.15, 0.2) is 40.8 Å². The Bertz CT molecular complexity index is 1240. The number of nitrogens with one attached hydrogen (secondary N) is 1. The van der Waals surface area contributed by atoms with Crippen molar-refractivity contribution in [3.8, 4) is 11.3 Å². The van der Waals surface area contributed by atoms with Crippen molar-refractivity contribution in [3.63, 3.8) is 0 Å².